The highest BCUT2D eigenvalue weighted by Gasteiger charge is 2.26. The first kappa shape index (κ1) is 22.8. The van der Waals surface area contributed by atoms with E-state index in [-0.39, 0.29) is 6.42 Å². The second kappa shape index (κ2) is 9.35. The van der Waals surface area contributed by atoms with Gasteiger partial charge in [0.1, 0.15) is 5.75 Å². The van der Waals surface area contributed by atoms with E-state index in [0.717, 1.165) is 30.3 Å². The smallest absolute Gasteiger partial charge is 0.342 e. The first-order valence-corrected chi connectivity index (χ1v) is 8.55. The molecular formula is C19H15NO11. The lowest BCUT2D eigenvalue weighted by Gasteiger charge is -2.18. The zero-order valence-electron chi connectivity index (χ0n) is 15.8. The van der Waals surface area contributed by atoms with E-state index in [2.05, 4.69) is 0 Å². The molecule has 0 spiro atoms. The summed E-state index contributed by atoms with van der Waals surface area (Å²) in [7, 11) is 0. The molecule has 0 aliphatic rings. The Kier molecular flexibility index (Phi) is 6.87. The van der Waals surface area contributed by atoms with Gasteiger partial charge in [-0.3, -0.25) is 10.1 Å². The van der Waals surface area contributed by atoms with Crippen LogP contribution < -0.4 is 0 Å². The Hall–Kier alpha value is -4.48. The number of aromatic carboxylic acids is 2. The molecule has 2 rings (SSSR count). The van der Waals surface area contributed by atoms with Gasteiger partial charge >= 0.3 is 23.9 Å². The molecule has 0 amide bonds. The number of non-ortho nitro benzene ring substituents is 1. The van der Waals surface area contributed by atoms with E-state index in [9.17, 15) is 39.5 Å². The van der Waals surface area contributed by atoms with Crippen molar-refractivity contribution in [3.8, 4) is 5.75 Å². The summed E-state index contributed by atoms with van der Waals surface area (Å²) in [6.45, 7) is 1.47. The Morgan fingerprint density at radius 2 is 1.39 bits per heavy atom. The summed E-state index contributed by atoms with van der Waals surface area (Å²) in [6, 6.07) is 5.39. The van der Waals surface area contributed by atoms with Crippen molar-refractivity contribution in [2.45, 2.75) is 19.6 Å². The number of rotatable bonds is 8. The second-order valence-electron chi connectivity index (χ2n) is 5.98. The normalized spacial score (nSPS) is 11.3. The standard InChI is InChI=1S/C19H15NO11/c1-2-15(31-19(27)12-6-4-10(21)8-14(12)17(24)25)30-18(26)11-5-3-9(20(28)29)7-13(11)16(22)23/h3-8,15,21H,2H2,1H3,(H,22,23)(H,24,25). The molecule has 12 heteroatoms. The molecule has 0 saturated carbocycles. The lowest BCUT2D eigenvalue weighted by Crippen LogP contribution is -2.26. The van der Waals surface area contributed by atoms with Gasteiger partial charge < -0.3 is 24.8 Å². The van der Waals surface area contributed by atoms with Crippen LogP contribution in [0.2, 0.25) is 0 Å². The van der Waals surface area contributed by atoms with Gasteiger partial charge in [-0.1, -0.05) is 6.92 Å². The summed E-state index contributed by atoms with van der Waals surface area (Å²) < 4.78 is 9.97. The highest BCUT2D eigenvalue weighted by Crippen LogP contribution is 2.22. The minimum Gasteiger partial charge on any atom is -0.508 e. The van der Waals surface area contributed by atoms with E-state index in [0.29, 0.717) is 6.07 Å². The van der Waals surface area contributed by atoms with E-state index in [4.69, 9.17) is 14.6 Å². The topological polar surface area (TPSA) is 191 Å². The molecule has 162 valence electrons. The zero-order valence-corrected chi connectivity index (χ0v) is 15.8. The van der Waals surface area contributed by atoms with E-state index in [1.165, 1.54) is 6.92 Å². The molecule has 3 N–H and O–H groups in total. The van der Waals surface area contributed by atoms with Crippen molar-refractivity contribution >= 4 is 29.6 Å². The number of phenols is 1. The van der Waals surface area contributed by atoms with Crippen LogP contribution in [-0.4, -0.2) is 50.4 Å². The predicted molar refractivity (Wildman–Crippen MR) is 100 cm³/mol. The van der Waals surface area contributed by atoms with E-state index in [1.807, 2.05) is 0 Å². The molecule has 0 heterocycles. The maximum atomic E-state index is 12.4. The fourth-order valence-corrected chi connectivity index (χ4v) is 2.44. The highest BCUT2D eigenvalue weighted by molar-refractivity contribution is 6.04. The number of benzene rings is 2. The molecule has 2 aromatic carbocycles. The molecular weight excluding hydrogens is 418 g/mol. The summed E-state index contributed by atoms with van der Waals surface area (Å²) in [4.78, 5) is 57.3. The van der Waals surface area contributed by atoms with Crippen molar-refractivity contribution < 1.29 is 48.9 Å². The molecule has 0 radical (unpaired) electrons. The van der Waals surface area contributed by atoms with Gasteiger partial charge in [-0.15, -0.1) is 0 Å². The third kappa shape index (κ3) is 5.32. The first-order valence-electron chi connectivity index (χ1n) is 8.55. The van der Waals surface area contributed by atoms with Crippen molar-refractivity contribution in [2.75, 3.05) is 0 Å². The van der Waals surface area contributed by atoms with Crippen molar-refractivity contribution in [3.63, 3.8) is 0 Å². The third-order valence-electron chi connectivity index (χ3n) is 3.93. The van der Waals surface area contributed by atoms with Gasteiger partial charge in [0.15, 0.2) is 0 Å². The van der Waals surface area contributed by atoms with Crippen LogP contribution in [0.25, 0.3) is 0 Å². The molecule has 2 aromatic rings. The van der Waals surface area contributed by atoms with Gasteiger partial charge in [0.05, 0.1) is 27.2 Å². The van der Waals surface area contributed by atoms with Crippen LogP contribution in [0, 0.1) is 10.1 Å². The van der Waals surface area contributed by atoms with Crippen LogP contribution in [-0.2, 0) is 9.47 Å². The van der Waals surface area contributed by atoms with Gasteiger partial charge in [0, 0.05) is 18.6 Å². The Balaban J connectivity index is 2.25. The van der Waals surface area contributed by atoms with Gasteiger partial charge in [0.2, 0.25) is 6.29 Å². The number of nitro groups is 1. The van der Waals surface area contributed by atoms with Crippen molar-refractivity contribution in [3.05, 3.63) is 68.8 Å². The molecule has 31 heavy (non-hydrogen) atoms. The monoisotopic (exact) mass is 433 g/mol. The summed E-state index contributed by atoms with van der Waals surface area (Å²) in [5, 5.41) is 38.6. The van der Waals surface area contributed by atoms with Gasteiger partial charge in [0.25, 0.3) is 5.69 Å². The minimum atomic E-state index is -1.61. The van der Waals surface area contributed by atoms with Crippen LogP contribution in [0.15, 0.2) is 36.4 Å². The highest BCUT2D eigenvalue weighted by atomic mass is 16.7. The average molecular weight is 433 g/mol. The number of nitro benzene ring substituents is 1. The van der Waals surface area contributed by atoms with Gasteiger partial charge in [-0.05, 0) is 24.3 Å². The lowest BCUT2D eigenvalue weighted by atomic mass is 10.1. The minimum absolute atomic E-state index is 0.0760. The Morgan fingerprint density at radius 3 is 1.84 bits per heavy atom. The summed E-state index contributed by atoms with van der Waals surface area (Å²) in [5.74, 6) is -5.91. The number of carbonyl (C=O) groups excluding carboxylic acids is 2. The number of ether oxygens (including phenoxy) is 2. The van der Waals surface area contributed by atoms with Gasteiger partial charge in [-0.2, -0.15) is 0 Å². The van der Waals surface area contributed by atoms with Crippen molar-refractivity contribution in [1.29, 1.82) is 0 Å². The number of carbonyl (C=O) groups is 4. The third-order valence-corrected chi connectivity index (χ3v) is 3.93. The van der Waals surface area contributed by atoms with Gasteiger partial charge in [-0.25, -0.2) is 19.2 Å². The van der Waals surface area contributed by atoms with E-state index >= 15 is 0 Å². The molecule has 1 unspecified atom stereocenters. The van der Waals surface area contributed by atoms with Crippen molar-refractivity contribution in [1.82, 2.24) is 0 Å². The van der Waals surface area contributed by atoms with Crippen molar-refractivity contribution in [2.24, 2.45) is 0 Å². The fraction of sp³-hybridized carbons (Fsp3) is 0.158. The predicted octanol–water partition coefficient (Wildman–Crippen LogP) is 2.45. The Morgan fingerprint density at radius 1 is 0.903 bits per heavy atom. The number of nitrogens with zero attached hydrogens (tertiary/aromatic N) is 1. The fourth-order valence-electron chi connectivity index (χ4n) is 2.44. The summed E-state index contributed by atoms with van der Waals surface area (Å²) in [6.07, 6.45) is -1.60. The largest absolute Gasteiger partial charge is 0.508 e. The first-order chi connectivity index (χ1) is 14.5. The average Bonchev–Trinajstić information content (AvgIpc) is 2.72. The van der Waals surface area contributed by atoms with Crippen LogP contribution in [0.1, 0.15) is 54.8 Å². The number of carboxylic acid groups (broad SMARTS) is 2. The molecule has 0 aliphatic heterocycles. The van der Waals surface area contributed by atoms with Crippen LogP contribution in [0.3, 0.4) is 0 Å². The number of hydrogen-bond acceptors (Lipinski definition) is 9. The van der Waals surface area contributed by atoms with Crippen LogP contribution in [0.5, 0.6) is 5.75 Å². The second-order valence-corrected chi connectivity index (χ2v) is 5.98. The number of phenolic OH excluding ortho intramolecular Hbond substituents is 1. The number of aromatic hydroxyl groups is 1. The molecule has 0 saturated heterocycles. The molecule has 0 aromatic heterocycles. The van der Waals surface area contributed by atoms with E-state index in [1.54, 1.807) is 0 Å². The maximum absolute atomic E-state index is 12.4. The van der Waals surface area contributed by atoms with Crippen LogP contribution in [0.4, 0.5) is 5.69 Å². The quantitative estimate of drug-likeness (QED) is 0.240. The number of hydrogen-bond donors (Lipinski definition) is 3. The molecule has 1 atom stereocenters. The lowest BCUT2D eigenvalue weighted by molar-refractivity contribution is -0.384. The number of carboxylic acids is 2. The summed E-state index contributed by atoms with van der Waals surface area (Å²) in [5.41, 5.74) is -2.72. The summed E-state index contributed by atoms with van der Waals surface area (Å²) >= 11 is 0. The Bertz CT molecular complexity index is 1080. The molecule has 0 aliphatic carbocycles. The van der Waals surface area contributed by atoms with Crippen LogP contribution >= 0.6 is 0 Å². The molecule has 12 nitrogen and oxygen atoms in total. The molecule has 0 bridgehead atoms. The SMILES string of the molecule is CCC(OC(=O)c1ccc(O)cc1C(=O)O)OC(=O)c1ccc([N+](=O)[O-])cc1C(=O)O. The Labute approximate surface area is 173 Å². The maximum Gasteiger partial charge on any atom is 0.342 e. The molecule has 0 fully saturated rings. The van der Waals surface area contributed by atoms with E-state index < -0.39 is 68.8 Å². The number of esters is 2. The zero-order chi connectivity index (χ0) is 23.3.